The Morgan fingerprint density at radius 2 is 2.20 bits per heavy atom. The van der Waals surface area contributed by atoms with Crippen LogP contribution in [0.2, 0.25) is 0 Å². The first-order valence-corrected chi connectivity index (χ1v) is 6.40. The van der Waals surface area contributed by atoms with Crippen molar-refractivity contribution in [1.82, 2.24) is 0 Å². The van der Waals surface area contributed by atoms with E-state index in [2.05, 4.69) is 5.32 Å². The van der Waals surface area contributed by atoms with Crippen molar-refractivity contribution in [3.8, 4) is 6.07 Å². The van der Waals surface area contributed by atoms with Crippen LogP contribution in [0.4, 0.5) is 5.69 Å². The minimum atomic E-state index is -0.252. The summed E-state index contributed by atoms with van der Waals surface area (Å²) in [4.78, 5) is 11.7. The van der Waals surface area contributed by atoms with Gasteiger partial charge in [-0.05, 0) is 38.5 Å². The predicted molar refractivity (Wildman–Crippen MR) is 76.3 cm³/mol. The van der Waals surface area contributed by atoms with E-state index in [-0.39, 0.29) is 18.1 Å². The SMILES string of the molecule is COC(C)(C)CCOCC(=O)Nc1cccc(C#N)c1. The molecule has 1 N–H and O–H groups in total. The van der Waals surface area contributed by atoms with E-state index in [1.54, 1.807) is 31.4 Å². The molecule has 0 spiro atoms. The number of anilines is 1. The number of nitrogens with one attached hydrogen (secondary N) is 1. The summed E-state index contributed by atoms with van der Waals surface area (Å²) in [5.74, 6) is -0.240. The highest BCUT2D eigenvalue weighted by atomic mass is 16.5. The Morgan fingerprint density at radius 1 is 1.45 bits per heavy atom. The van der Waals surface area contributed by atoms with Crippen molar-refractivity contribution in [1.29, 1.82) is 5.26 Å². The fourth-order valence-corrected chi connectivity index (χ4v) is 1.45. The van der Waals surface area contributed by atoms with E-state index in [1.807, 2.05) is 19.9 Å². The third kappa shape index (κ3) is 5.83. The zero-order chi connectivity index (χ0) is 15.0. The van der Waals surface area contributed by atoms with Crippen LogP contribution in [0.1, 0.15) is 25.8 Å². The molecule has 0 saturated carbocycles. The van der Waals surface area contributed by atoms with Crippen LogP contribution in [-0.2, 0) is 14.3 Å². The lowest BCUT2D eigenvalue weighted by molar-refractivity contribution is -0.121. The van der Waals surface area contributed by atoms with Gasteiger partial charge in [-0.25, -0.2) is 0 Å². The quantitative estimate of drug-likeness (QED) is 0.776. The number of carbonyl (C=O) groups is 1. The number of methoxy groups -OCH3 is 1. The first kappa shape index (κ1) is 16.2. The van der Waals surface area contributed by atoms with E-state index in [0.29, 0.717) is 24.3 Å². The van der Waals surface area contributed by atoms with Crippen molar-refractivity contribution in [2.75, 3.05) is 25.6 Å². The molecule has 5 heteroatoms. The van der Waals surface area contributed by atoms with E-state index in [9.17, 15) is 4.79 Å². The van der Waals surface area contributed by atoms with Crippen LogP contribution in [0, 0.1) is 11.3 Å². The molecule has 0 fully saturated rings. The van der Waals surface area contributed by atoms with Crippen molar-refractivity contribution in [2.24, 2.45) is 0 Å². The maximum absolute atomic E-state index is 11.7. The Labute approximate surface area is 119 Å². The minimum absolute atomic E-state index is 0.0173. The van der Waals surface area contributed by atoms with E-state index in [4.69, 9.17) is 14.7 Å². The predicted octanol–water partition coefficient (Wildman–Crippen LogP) is 2.33. The van der Waals surface area contributed by atoms with E-state index < -0.39 is 0 Å². The van der Waals surface area contributed by atoms with Gasteiger partial charge in [-0.3, -0.25) is 4.79 Å². The molecule has 0 atom stereocenters. The fraction of sp³-hybridized carbons (Fsp3) is 0.467. The van der Waals surface area contributed by atoms with Crippen molar-refractivity contribution < 1.29 is 14.3 Å². The molecular formula is C15H20N2O3. The molecule has 0 aliphatic heterocycles. The summed E-state index contributed by atoms with van der Waals surface area (Å²) < 4.78 is 10.6. The number of nitrogens with zero attached hydrogens (tertiary/aromatic N) is 1. The summed E-state index contributed by atoms with van der Waals surface area (Å²) in [6, 6.07) is 8.76. The molecule has 0 bridgehead atoms. The Morgan fingerprint density at radius 3 is 2.85 bits per heavy atom. The maximum atomic E-state index is 11.7. The largest absolute Gasteiger partial charge is 0.379 e. The van der Waals surface area contributed by atoms with Gasteiger partial charge in [0.25, 0.3) is 0 Å². The van der Waals surface area contributed by atoms with Gasteiger partial charge in [0.15, 0.2) is 0 Å². The highest BCUT2D eigenvalue weighted by Crippen LogP contribution is 2.12. The molecule has 20 heavy (non-hydrogen) atoms. The average Bonchev–Trinajstić information content (AvgIpc) is 2.44. The fourth-order valence-electron chi connectivity index (χ4n) is 1.45. The number of nitriles is 1. The van der Waals surface area contributed by atoms with Crippen LogP contribution in [0.25, 0.3) is 0 Å². The molecule has 0 aliphatic rings. The molecule has 0 aliphatic carbocycles. The average molecular weight is 276 g/mol. The van der Waals surface area contributed by atoms with Gasteiger partial charge in [0.05, 0.1) is 17.2 Å². The molecule has 108 valence electrons. The highest BCUT2D eigenvalue weighted by molar-refractivity contribution is 5.91. The second-order valence-corrected chi connectivity index (χ2v) is 5.01. The molecule has 1 rings (SSSR count). The molecule has 0 aromatic heterocycles. The van der Waals surface area contributed by atoms with Gasteiger partial charge in [-0.15, -0.1) is 0 Å². The number of carbonyl (C=O) groups excluding carboxylic acids is 1. The first-order valence-electron chi connectivity index (χ1n) is 6.40. The number of hydrogen-bond donors (Lipinski definition) is 1. The monoisotopic (exact) mass is 276 g/mol. The normalized spacial score (nSPS) is 10.9. The van der Waals surface area contributed by atoms with E-state index >= 15 is 0 Å². The van der Waals surface area contributed by atoms with Crippen LogP contribution < -0.4 is 5.32 Å². The van der Waals surface area contributed by atoms with Gasteiger partial charge < -0.3 is 14.8 Å². The van der Waals surface area contributed by atoms with Crippen molar-refractivity contribution in [3.05, 3.63) is 29.8 Å². The van der Waals surface area contributed by atoms with Crippen LogP contribution >= 0.6 is 0 Å². The summed E-state index contributed by atoms with van der Waals surface area (Å²) >= 11 is 0. The topological polar surface area (TPSA) is 71.3 Å². The second kappa shape index (κ2) is 7.63. The van der Waals surface area contributed by atoms with E-state index in [1.165, 1.54) is 0 Å². The second-order valence-electron chi connectivity index (χ2n) is 5.01. The molecule has 0 saturated heterocycles. The number of benzene rings is 1. The van der Waals surface area contributed by atoms with Crippen LogP contribution in [0.3, 0.4) is 0 Å². The summed E-state index contributed by atoms with van der Waals surface area (Å²) in [7, 11) is 1.65. The van der Waals surface area contributed by atoms with Crippen LogP contribution in [-0.4, -0.2) is 31.8 Å². The highest BCUT2D eigenvalue weighted by Gasteiger charge is 2.15. The van der Waals surface area contributed by atoms with Gasteiger partial charge in [-0.2, -0.15) is 5.26 Å². The molecule has 0 unspecified atom stereocenters. The molecule has 1 aromatic carbocycles. The minimum Gasteiger partial charge on any atom is -0.379 e. The van der Waals surface area contributed by atoms with Crippen molar-refractivity contribution >= 4 is 11.6 Å². The van der Waals surface area contributed by atoms with Crippen LogP contribution in [0.15, 0.2) is 24.3 Å². The third-order valence-electron chi connectivity index (χ3n) is 2.91. The number of ether oxygens (including phenoxy) is 2. The van der Waals surface area contributed by atoms with Crippen molar-refractivity contribution in [2.45, 2.75) is 25.9 Å². The van der Waals surface area contributed by atoms with Gasteiger partial charge in [0, 0.05) is 19.4 Å². The third-order valence-corrected chi connectivity index (χ3v) is 2.91. The molecule has 1 aromatic rings. The molecule has 0 radical (unpaired) electrons. The lowest BCUT2D eigenvalue weighted by atomic mass is 10.1. The van der Waals surface area contributed by atoms with Crippen molar-refractivity contribution in [3.63, 3.8) is 0 Å². The van der Waals surface area contributed by atoms with Gasteiger partial charge >= 0.3 is 0 Å². The Hall–Kier alpha value is -1.90. The maximum Gasteiger partial charge on any atom is 0.250 e. The Bertz CT molecular complexity index is 492. The lowest BCUT2D eigenvalue weighted by Crippen LogP contribution is -2.26. The summed E-state index contributed by atoms with van der Waals surface area (Å²) in [6.07, 6.45) is 0.709. The lowest BCUT2D eigenvalue weighted by Gasteiger charge is -2.22. The number of hydrogen-bond acceptors (Lipinski definition) is 4. The zero-order valence-electron chi connectivity index (χ0n) is 12.1. The summed E-state index contributed by atoms with van der Waals surface area (Å²) in [5, 5.41) is 11.5. The number of amides is 1. The molecule has 0 heterocycles. The van der Waals surface area contributed by atoms with Gasteiger partial charge in [-0.1, -0.05) is 6.07 Å². The summed E-state index contributed by atoms with van der Waals surface area (Å²) in [6.45, 7) is 4.36. The van der Waals surface area contributed by atoms with Crippen LogP contribution in [0.5, 0.6) is 0 Å². The molecular weight excluding hydrogens is 256 g/mol. The first-order chi connectivity index (χ1) is 9.46. The zero-order valence-corrected chi connectivity index (χ0v) is 12.1. The smallest absolute Gasteiger partial charge is 0.250 e. The van der Waals surface area contributed by atoms with Gasteiger partial charge in [0.1, 0.15) is 6.61 Å². The molecule has 1 amide bonds. The Kier molecular flexibility index (Phi) is 6.16. The standard InChI is InChI=1S/C15H20N2O3/c1-15(2,19-3)7-8-20-11-14(18)17-13-6-4-5-12(9-13)10-16/h4-6,9H,7-8,11H2,1-3H3,(H,17,18). The summed E-state index contributed by atoms with van der Waals surface area (Å²) in [5.41, 5.74) is 0.845. The molecule has 5 nitrogen and oxygen atoms in total. The Balaban J connectivity index is 2.32. The van der Waals surface area contributed by atoms with E-state index in [0.717, 1.165) is 0 Å². The van der Waals surface area contributed by atoms with Gasteiger partial charge in [0.2, 0.25) is 5.91 Å². The number of rotatable bonds is 7.